The molecule has 174 valence electrons. The highest BCUT2D eigenvalue weighted by Crippen LogP contribution is 2.16. The highest BCUT2D eigenvalue weighted by molar-refractivity contribution is 5.89. The summed E-state index contributed by atoms with van der Waals surface area (Å²) in [6, 6.07) is 26.3. The molecule has 0 amide bonds. The van der Waals surface area contributed by atoms with Crippen molar-refractivity contribution >= 4 is 5.97 Å². The van der Waals surface area contributed by atoms with E-state index in [-0.39, 0.29) is 25.2 Å². The standard InChI is InChI=1S/C27H31NO5/c1-32-27(31)23-14-12-21(13-15-23)16-24(19-29)28(17-22-8-4-2-5-9-22)18-25(30)20-33-26-10-6-3-7-11-26/h2-15,24-25,29-30H,16-20H2,1H3. The Morgan fingerprint density at radius 1 is 0.909 bits per heavy atom. The molecule has 0 bridgehead atoms. The third-order valence-corrected chi connectivity index (χ3v) is 5.43. The molecule has 0 saturated heterocycles. The second-order valence-corrected chi connectivity index (χ2v) is 7.92. The van der Waals surface area contributed by atoms with Gasteiger partial charge in [0.05, 0.1) is 19.3 Å². The average Bonchev–Trinajstić information content (AvgIpc) is 2.87. The van der Waals surface area contributed by atoms with Gasteiger partial charge in [-0.05, 0) is 41.8 Å². The fraction of sp³-hybridized carbons (Fsp3) is 0.296. The number of carbonyl (C=O) groups excluding carboxylic acids is 1. The van der Waals surface area contributed by atoms with E-state index in [1.54, 1.807) is 12.1 Å². The molecule has 0 heterocycles. The van der Waals surface area contributed by atoms with E-state index in [4.69, 9.17) is 9.47 Å². The first-order valence-electron chi connectivity index (χ1n) is 11.0. The number of hydrogen-bond donors (Lipinski definition) is 2. The van der Waals surface area contributed by atoms with Gasteiger partial charge in [0, 0.05) is 19.1 Å². The van der Waals surface area contributed by atoms with E-state index in [0.717, 1.165) is 11.1 Å². The van der Waals surface area contributed by atoms with Gasteiger partial charge in [-0.25, -0.2) is 4.79 Å². The maximum Gasteiger partial charge on any atom is 0.337 e. The minimum absolute atomic E-state index is 0.0716. The number of benzene rings is 3. The van der Waals surface area contributed by atoms with E-state index in [0.29, 0.717) is 30.8 Å². The van der Waals surface area contributed by atoms with Gasteiger partial charge in [0.1, 0.15) is 18.5 Å². The molecule has 0 radical (unpaired) electrons. The topological polar surface area (TPSA) is 79.2 Å². The van der Waals surface area contributed by atoms with Crippen LogP contribution in [0, 0.1) is 0 Å². The molecule has 3 rings (SSSR count). The molecular formula is C27H31NO5. The molecular weight excluding hydrogens is 418 g/mol. The van der Waals surface area contributed by atoms with E-state index in [9.17, 15) is 15.0 Å². The molecule has 0 aliphatic rings. The summed E-state index contributed by atoms with van der Waals surface area (Å²) in [6.45, 7) is 1.00. The molecule has 0 saturated carbocycles. The number of esters is 1. The summed E-state index contributed by atoms with van der Waals surface area (Å²) in [5.74, 6) is 0.322. The molecule has 0 fully saturated rings. The Kier molecular flexibility index (Phi) is 9.44. The van der Waals surface area contributed by atoms with Crippen molar-refractivity contribution in [1.29, 1.82) is 0 Å². The molecule has 6 heteroatoms. The average molecular weight is 450 g/mol. The van der Waals surface area contributed by atoms with E-state index < -0.39 is 6.10 Å². The Morgan fingerprint density at radius 2 is 1.55 bits per heavy atom. The molecule has 0 aliphatic heterocycles. The van der Waals surface area contributed by atoms with E-state index in [1.165, 1.54) is 7.11 Å². The van der Waals surface area contributed by atoms with Gasteiger partial charge in [-0.15, -0.1) is 0 Å². The lowest BCUT2D eigenvalue weighted by Gasteiger charge is -2.32. The number of hydrogen-bond acceptors (Lipinski definition) is 6. The largest absolute Gasteiger partial charge is 0.491 e. The van der Waals surface area contributed by atoms with Crippen molar-refractivity contribution in [3.05, 3.63) is 102 Å². The zero-order valence-electron chi connectivity index (χ0n) is 18.8. The molecule has 3 aromatic carbocycles. The second-order valence-electron chi connectivity index (χ2n) is 7.92. The maximum absolute atomic E-state index is 11.7. The highest BCUT2D eigenvalue weighted by Gasteiger charge is 2.22. The smallest absolute Gasteiger partial charge is 0.337 e. The Balaban J connectivity index is 1.69. The number of aliphatic hydroxyl groups is 2. The summed E-state index contributed by atoms with van der Waals surface area (Å²) in [4.78, 5) is 13.8. The van der Waals surface area contributed by atoms with Crippen molar-refractivity contribution < 1.29 is 24.5 Å². The van der Waals surface area contributed by atoms with Crippen LogP contribution in [0.4, 0.5) is 0 Å². The normalized spacial score (nSPS) is 12.8. The van der Waals surface area contributed by atoms with Crippen LogP contribution in [-0.2, 0) is 17.7 Å². The number of nitrogens with zero attached hydrogens (tertiary/aromatic N) is 1. The lowest BCUT2D eigenvalue weighted by molar-refractivity contribution is 0.0335. The number of methoxy groups -OCH3 is 1. The molecule has 2 N–H and O–H groups in total. The van der Waals surface area contributed by atoms with Crippen LogP contribution in [-0.4, -0.2) is 60.1 Å². The molecule has 0 spiro atoms. The Morgan fingerprint density at radius 3 is 2.15 bits per heavy atom. The summed E-state index contributed by atoms with van der Waals surface area (Å²) < 4.78 is 10.5. The summed E-state index contributed by atoms with van der Waals surface area (Å²) >= 11 is 0. The minimum atomic E-state index is -0.732. The predicted molar refractivity (Wildman–Crippen MR) is 127 cm³/mol. The summed E-state index contributed by atoms with van der Waals surface area (Å²) in [7, 11) is 1.35. The number of aliphatic hydroxyl groups excluding tert-OH is 2. The van der Waals surface area contributed by atoms with Crippen molar-refractivity contribution in [1.82, 2.24) is 4.90 Å². The van der Waals surface area contributed by atoms with Gasteiger partial charge in [-0.2, -0.15) is 0 Å². The van der Waals surface area contributed by atoms with E-state index >= 15 is 0 Å². The predicted octanol–water partition coefficient (Wildman–Crippen LogP) is 3.32. The zero-order valence-corrected chi connectivity index (χ0v) is 18.8. The van der Waals surface area contributed by atoms with E-state index in [2.05, 4.69) is 4.90 Å². The Labute approximate surface area is 195 Å². The fourth-order valence-corrected chi connectivity index (χ4v) is 3.67. The Bertz CT molecular complexity index is 963. The summed E-state index contributed by atoms with van der Waals surface area (Å²) in [5, 5.41) is 20.9. The van der Waals surface area contributed by atoms with Crippen LogP contribution in [0.3, 0.4) is 0 Å². The molecule has 0 aromatic heterocycles. The van der Waals surface area contributed by atoms with Gasteiger partial charge < -0.3 is 19.7 Å². The van der Waals surface area contributed by atoms with Crippen LogP contribution in [0.25, 0.3) is 0 Å². The zero-order chi connectivity index (χ0) is 23.5. The van der Waals surface area contributed by atoms with Gasteiger partial charge >= 0.3 is 5.97 Å². The number of ether oxygens (including phenoxy) is 2. The number of rotatable bonds is 12. The lowest BCUT2D eigenvalue weighted by Crippen LogP contribution is -2.44. The van der Waals surface area contributed by atoms with Crippen LogP contribution in [0.2, 0.25) is 0 Å². The van der Waals surface area contributed by atoms with Gasteiger partial charge in [0.2, 0.25) is 0 Å². The first-order valence-corrected chi connectivity index (χ1v) is 11.0. The Hall–Kier alpha value is -3.19. The van der Waals surface area contributed by atoms with Crippen LogP contribution in [0.5, 0.6) is 5.75 Å². The molecule has 6 nitrogen and oxygen atoms in total. The third kappa shape index (κ3) is 7.71. The maximum atomic E-state index is 11.7. The van der Waals surface area contributed by atoms with Crippen molar-refractivity contribution in [2.45, 2.75) is 25.1 Å². The minimum Gasteiger partial charge on any atom is -0.491 e. The van der Waals surface area contributed by atoms with Crippen molar-refractivity contribution in [2.75, 3.05) is 26.9 Å². The van der Waals surface area contributed by atoms with Crippen molar-refractivity contribution in [3.63, 3.8) is 0 Å². The molecule has 33 heavy (non-hydrogen) atoms. The second kappa shape index (κ2) is 12.7. The van der Waals surface area contributed by atoms with Crippen LogP contribution in [0.15, 0.2) is 84.9 Å². The lowest BCUT2D eigenvalue weighted by atomic mass is 10.0. The van der Waals surface area contributed by atoms with E-state index in [1.807, 2.05) is 72.8 Å². The van der Waals surface area contributed by atoms with Crippen LogP contribution >= 0.6 is 0 Å². The first-order chi connectivity index (χ1) is 16.1. The number of para-hydroxylation sites is 1. The van der Waals surface area contributed by atoms with Gasteiger partial charge in [-0.1, -0.05) is 60.7 Å². The molecule has 2 unspecified atom stereocenters. The summed E-state index contributed by atoms with van der Waals surface area (Å²) in [6.07, 6.45) is -0.165. The van der Waals surface area contributed by atoms with Crippen molar-refractivity contribution in [3.8, 4) is 5.75 Å². The van der Waals surface area contributed by atoms with Crippen LogP contribution < -0.4 is 4.74 Å². The van der Waals surface area contributed by atoms with Gasteiger partial charge in [0.15, 0.2) is 0 Å². The van der Waals surface area contributed by atoms with Crippen molar-refractivity contribution in [2.24, 2.45) is 0 Å². The first kappa shape index (κ1) is 24.5. The fourth-order valence-electron chi connectivity index (χ4n) is 3.67. The monoisotopic (exact) mass is 449 g/mol. The van der Waals surface area contributed by atoms with Crippen LogP contribution in [0.1, 0.15) is 21.5 Å². The molecule has 3 aromatic rings. The van der Waals surface area contributed by atoms with Gasteiger partial charge in [-0.3, -0.25) is 4.90 Å². The quantitative estimate of drug-likeness (QED) is 0.413. The third-order valence-electron chi connectivity index (χ3n) is 5.43. The molecule has 0 aliphatic carbocycles. The SMILES string of the molecule is COC(=O)c1ccc(CC(CO)N(Cc2ccccc2)CC(O)COc2ccccc2)cc1. The highest BCUT2D eigenvalue weighted by atomic mass is 16.5. The summed E-state index contributed by atoms with van der Waals surface area (Å²) in [5.41, 5.74) is 2.55. The van der Waals surface area contributed by atoms with Gasteiger partial charge in [0.25, 0.3) is 0 Å². The number of carbonyl (C=O) groups is 1. The molecule has 2 atom stereocenters.